The van der Waals surface area contributed by atoms with Gasteiger partial charge >= 0.3 is 0 Å². The molecule has 2 aliphatic rings. The summed E-state index contributed by atoms with van der Waals surface area (Å²) in [6.07, 6.45) is 2.72. The third-order valence-corrected chi connectivity index (χ3v) is 3.68. The second-order valence-electron chi connectivity index (χ2n) is 4.40. The highest BCUT2D eigenvalue weighted by Gasteiger charge is 2.46. The van der Waals surface area contributed by atoms with Crippen LogP contribution >= 0.6 is 0 Å². The van der Waals surface area contributed by atoms with E-state index in [9.17, 15) is 0 Å². The largest absolute Gasteiger partial charge is 0.330 e. The molecule has 0 saturated heterocycles. The third-order valence-electron chi connectivity index (χ3n) is 3.68. The van der Waals surface area contributed by atoms with Gasteiger partial charge in [-0.3, -0.25) is 0 Å². The molecule has 3 unspecified atom stereocenters. The van der Waals surface area contributed by atoms with Gasteiger partial charge < -0.3 is 5.73 Å². The van der Waals surface area contributed by atoms with Gasteiger partial charge in [0.1, 0.15) is 0 Å². The Balaban J connectivity index is 2.06. The molecule has 0 amide bonds. The van der Waals surface area contributed by atoms with Gasteiger partial charge in [-0.25, -0.2) is 0 Å². The van der Waals surface area contributed by atoms with Gasteiger partial charge in [-0.1, -0.05) is 24.3 Å². The average molecular weight is 173 g/mol. The maximum Gasteiger partial charge on any atom is -0.000495 e. The van der Waals surface area contributed by atoms with Crippen LogP contribution in [0.15, 0.2) is 24.3 Å². The van der Waals surface area contributed by atoms with Gasteiger partial charge in [-0.15, -0.1) is 0 Å². The lowest BCUT2D eigenvalue weighted by Gasteiger charge is -2.23. The summed E-state index contributed by atoms with van der Waals surface area (Å²) >= 11 is 0. The molecule has 1 aromatic carbocycles. The lowest BCUT2D eigenvalue weighted by Crippen LogP contribution is -2.20. The fourth-order valence-corrected chi connectivity index (χ4v) is 2.90. The van der Waals surface area contributed by atoms with E-state index in [4.69, 9.17) is 5.73 Å². The Morgan fingerprint density at radius 2 is 2.15 bits per heavy atom. The Kier molecular flexibility index (Phi) is 1.50. The molecule has 3 rings (SSSR count). The normalized spacial score (nSPS) is 35.0. The van der Waals surface area contributed by atoms with Crippen LogP contribution in [0.4, 0.5) is 0 Å². The van der Waals surface area contributed by atoms with Crippen molar-refractivity contribution >= 4 is 0 Å². The Bertz CT molecular complexity index is 332. The summed E-state index contributed by atoms with van der Waals surface area (Å²) in [7, 11) is 0. The van der Waals surface area contributed by atoms with Gasteiger partial charge in [0.05, 0.1) is 0 Å². The summed E-state index contributed by atoms with van der Waals surface area (Å²) in [5.41, 5.74) is 8.92. The zero-order valence-corrected chi connectivity index (χ0v) is 7.74. The average Bonchev–Trinajstić information content (AvgIpc) is 2.92. The lowest BCUT2D eigenvalue weighted by molar-refractivity contribution is 0.528. The number of benzene rings is 1. The molecule has 0 radical (unpaired) electrons. The standard InChI is InChI=1S/C12H15N/c13-7-12-10-4-2-1-3-8(10)5-9-6-11(9)12/h1-4,9,11-12H,5-7,13H2. The van der Waals surface area contributed by atoms with Crippen molar-refractivity contribution in [2.75, 3.05) is 6.54 Å². The van der Waals surface area contributed by atoms with Gasteiger partial charge in [0.2, 0.25) is 0 Å². The summed E-state index contributed by atoms with van der Waals surface area (Å²) in [6, 6.07) is 8.83. The molecule has 13 heavy (non-hydrogen) atoms. The molecular weight excluding hydrogens is 158 g/mol. The van der Waals surface area contributed by atoms with Gasteiger partial charge in [-0.2, -0.15) is 0 Å². The number of nitrogens with two attached hydrogens (primary N) is 1. The molecule has 1 nitrogen and oxygen atoms in total. The summed E-state index contributed by atoms with van der Waals surface area (Å²) in [6.45, 7) is 0.832. The number of fused-ring (bicyclic) bond motifs is 2. The molecule has 0 aliphatic heterocycles. The van der Waals surface area contributed by atoms with Gasteiger partial charge in [0.15, 0.2) is 0 Å². The Hall–Kier alpha value is -0.820. The Morgan fingerprint density at radius 1 is 1.31 bits per heavy atom. The van der Waals surface area contributed by atoms with Crippen LogP contribution in [-0.4, -0.2) is 6.54 Å². The zero-order valence-electron chi connectivity index (χ0n) is 7.74. The summed E-state index contributed by atoms with van der Waals surface area (Å²) in [4.78, 5) is 0. The van der Waals surface area contributed by atoms with E-state index in [1.807, 2.05) is 0 Å². The molecule has 0 aromatic heterocycles. The highest BCUT2D eigenvalue weighted by atomic mass is 14.6. The monoisotopic (exact) mass is 173 g/mol. The van der Waals surface area contributed by atoms with Gasteiger partial charge in [0.25, 0.3) is 0 Å². The highest BCUT2D eigenvalue weighted by Crippen LogP contribution is 2.54. The van der Waals surface area contributed by atoms with Crippen LogP contribution in [-0.2, 0) is 6.42 Å². The second kappa shape index (κ2) is 2.58. The van der Waals surface area contributed by atoms with Crippen LogP contribution in [0.25, 0.3) is 0 Å². The van der Waals surface area contributed by atoms with Crippen molar-refractivity contribution in [2.45, 2.75) is 18.8 Å². The van der Waals surface area contributed by atoms with Crippen molar-refractivity contribution in [3.05, 3.63) is 35.4 Å². The van der Waals surface area contributed by atoms with E-state index in [0.29, 0.717) is 5.92 Å². The van der Waals surface area contributed by atoms with Gasteiger partial charge in [-0.05, 0) is 48.3 Å². The van der Waals surface area contributed by atoms with Crippen molar-refractivity contribution in [3.63, 3.8) is 0 Å². The number of rotatable bonds is 1. The smallest absolute Gasteiger partial charge is 0.000495 e. The first kappa shape index (κ1) is 7.57. The van der Waals surface area contributed by atoms with Crippen molar-refractivity contribution in [3.8, 4) is 0 Å². The highest BCUT2D eigenvalue weighted by molar-refractivity contribution is 5.36. The van der Waals surface area contributed by atoms with Crippen LogP contribution in [0.2, 0.25) is 0 Å². The molecular formula is C12H15N. The summed E-state index contributed by atoms with van der Waals surface area (Å²) in [5, 5.41) is 0. The molecule has 2 N–H and O–H groups in total. The van der Waals surface area contributed by atoms with Crippen molar-refractivity contribution in [1.29, 1.82) is 0 Å². The first-order valence-electron chi connectivity index (χ1n) is 5.18. The lowest BCUT2D eigenvalue weighted by atomic mass is 9.83. The fraction of sp³-hybridized carbons (Fsp3) is 0.500. The molecule has 68 valence electrons. The van der Waals surface area contributed by atoms with Crippen molar-refractivity contribution < 1.29 is 0 Å². The van der Waals surface area contributed by atoms with Crippen LogP contribution in [0.5, 0.6) is 0 Å². The third kappa shape index (κ3) is 1.03. The molecule has 0 bridgehead atoms. The van der Waals surface area contributed by atoms with Crippen LogP contribution < -0.4 is 5.73 Å². The van der Waals surface area contributed by atoms with Crippen LogP contribution in [0, 0.1) is 11.8 Å². The van der Waals surface area contributed by atoms with Crippen LogP contribution in [0.1, 0.15) is 23.5 Å². The first-order chi connectivity index (χ1) is 6.40. The summed E-state index contributed by atoms with van der Waals surface area (Å²) < 4.78 is 0. The molecule has 1 aromatic rings. The van der Waals surface area contributed by atoms with Gasteiger partial charge in [0, 0.05) is 0 Å². The van der Waals surface area contributed by atoms with Crippen molar-refractivity contribution in [1.82, 2.24) is 0 Å². The predicted molar refractivity (Wildman–Crippen MR) is 53.5 cm³/mol. The molecule has 0 heterocycles. The SMILES string of the molecule is NCC1c2ccccc2CC2CC21. The minimum Gasteiger partial charge on any atom is -0.330 e. The molecule has 1 fully saturated rings. The van der Waals surface area contributed by atoms with E-state index >= 15 is 0 Å². The quantitative estimate of drug-likeness (QED) is 0.690. The Morgan fingerprint density at radius 3 is 3.00 bits per heavy atom. The van der Waals surface area contributed by atoms with E-state index in [1.54, 1.807) is 5.56 Å². The zero-order chi connectivity index (χ0) is 8.84. The number of hydrogen-bond acceptors (Lipinski definition) is 1. The van der Waals surface area contributed by atoms with E-state index in [2.05, 4.69) is 24.3 Å². The van der Waals surface area contributed by atoms with Crippen molar-refractivity contribution in [2.24, 2.45) is 17.6 Å². The predicted octanol–water partition coefficient (Wildman–Crippen LogP) is 1.92. The molecule has 2 aliphatic carbocycles. The first-order valence-corrected chi connectivity index (χ1v) is 5.18. The van der Waals surface area contributed by atoms with E-state index in [1.165, 1.54) is 18.4 Å². The fourth-order valence-electron chi connectivity index (χ4n) is 2.90. The minimum atomic E-state index is 0.662. The van der Waals surface area contributed by atoms with E-state index < -0.39 is 0 Å². The van der Waals surface area contributed by atoms with Crippen LogP contribution in [0.3, 0.4) is 0 Å². The molecule has 1 heteroatoms. The topological polar surface area (TPSA) is 26.0 Å². The second-order valence-corrected chi connectivity index (χ2v) is 4.40. The minimum absolute atomic E-state index is 0.662. The van der Waals surface area contributed by atoms with E-state index in [-0.39, 0.29) is 0 Å². The maximum atomic E-state index is 5.84. The maximum absolute atomic E-state index is 5.84. The molecule has 0 spiro atoms. The summed E-state index contributed by atoms with van der Waals surface area (Å²) in [5.74, 6) is 2.54. The van der Waals surface area contributed by atoms with E-state index in [0.717, 1.165) is 18.4 Å². The Labute approximate surface area is 78.9 Å². The number of hydrogen-bond donors (Lipinski definition) is 1. The molecule has 1 saturated carbocycles. The molecule has 3 atom stereocenters.